The van der Waals surface area contributed by atoms with Crippen molar-refractivity contribution in [3.8, 4) is 0 Å². The molecule has 0 spiro atoms. The maximum atomic E-state index is 11.5. The summed E-state index contributed by atoms with van der Waals surface area (Å²) in [5.41, 5.74) is 1.24. The summed E-state index contributed by atoms with van der Waals surface area (Å²) in [5.74, 6) is -0.0648. The molecule has 17 heavy (non-hydrogen) atoms. The molecule has 0 saturated heterocycles. The minimum Gasteiger partial charge on any atom is -0.347 e. The Morgan fingerprint density at radius 3 is 2.47 bits per heavy atom. The molecule has 0 saturated carbocycles. The first-order valence-electron chi connectivity index (χ1n) is 5.93. The number of carbonyl (C=O) groups excluding carboxylic acids is 2. The van der Waals surface area contributed by atoms with Gasteiger partial charge in [-0.05, 0) is 32.3 Å². The number of ketones is 1. The summed E-state index contributed by atoms with van der Waals surface area (Å²) in [4.78, 5) is 22.4. The summed E-state index contributed by atoms with van der Waals surface area (Å²) in [7, 11) is 0. The molecular formula is C14H19NO2. The number of Topliss-reactive ketones (excluding diaryl/α,β-unsaturated/α-hetero) is 1. The van der Waals surface area contributed by atoms with E-state index in [-0.39, 0.29) is 17.7 Å². The molecule has 0 aliphatic rings. The van der Waals surface area contributed by atoms with Crippen LogP contribution in [-0.2, 0) is 16.0 Å². The fraction of sp³-hybridized carbons (Fsp3) is 0.429. The number of aryl methyl sites for hydroxylation is 1. The Balaban J connectivity index is 2.23. The monoisotopic (exact) mass is 233 g/mol. The lowest BCUT2D eigenvalue weighted by Gasteiger charge is -2.10. The predicted molar refractivity (Wildman–Crippen MR) is 67.7 cm³/mol. The van der Waals surface area contributed by atoms with Crippen LogP contribution in [0.4, 0.5) is 0 Å². The van der Waals surface area contributed by atoms with E-state index in [2.05, 4.69) is 17.4 Å². The van der Waals surface area contributed by atoms with E-state index in [1.807, 2.05) is 18.2 Å². The minimum atomic E-state index is -0.376. The first-order valence-corrected chi connectivity index (χ1v) is 5.93. The number of nitrogens with one attached hydrogen (secondary N) is 1. The van der Waals surface area contributed by atoms with Crippen LogP contribution in [0.25, 0.3) is 0 Å². The zero-order chi connectivity index (χ0) is 12.7. The van der Waals surface area contributed by atoms with Crippen LogP contribution >= 0.6 is 0 Å². The molecule has 1 rings (SSSR count). The highest BCUT2D eigenvalue weighted by Crippen LogP contribution is 2.04. The van der Waals surface area contributed by atoms with E-state index in [0.717, 1.165) is 12.8 Å². The number of hydrogen-bond donors (Lipinski definition) is 1. The molecule has 0 heterocycles. The molecule has 0 fully saturated rings. The molecular weight excluding hydrogens is 214 g/mol. The number of carbonyl (C=O) groups is 2. The van der Waals surface area contributed by atoms with Gasteiger partial charge in [0.25, 0.3) is 0 Å². The zero-order valence-corrected chi connectivity index (χ0v) is 10.4. The number of amides is 1. The van der Waals surface area contributed by atoms with E-state index in [9.17, 15) is 9.59 Å². The van der Waals surface area contributed by atoms with Crippen LogP contribution < -0.4 is 5.32 Å². The van der Waals surface area contributed by atoms with Gasteiger partial charge in [0.05, 0.1) is 6.04 Å². The number of benzene rings is 1. The first-order chi connectivity index (χ1) is 8.09. The van der Waals surface area contributed by atoms with Crippen molar-refractivity contribution < 1.29 is 9.59 Å². The Kier molecular flexibility index (Phi) is 5.40. The molecule has 0 aliphatic heterocycles. The smallest absolute Gasteiger partial charge is 0.220 e. The van der Waals surface area contributed by atoms with Crippen molar-refractivity contribution in [1.82, 2.24) is 5.32 Å². The topological polar surface area (TPSA) is 46.2 Å². The Hall–Kier alpha value is -1.64. The summed E-state index contributed by atoms with van der Waals surface area (Å²) in [5, 5.41) is 2.68. The summed E-state index contributed by atoms with van der Waals surface area (Å²) < 4.78 is 0. The van der Waals surface area contributed by atoms with Crippen LogP contribution in [0, 0.1) is 0 Å². The van der Waals surface area contributed by atoms with Crippen molar-refractivity contribution in [3.63, 3.8) is 0 Å². The Morgan fingerprint density at radius 2 is 1.88 bits per heavy atom. The highest BCUT2D eigenvalue weighted by molar-refractivity contribution is 5.87. The second-order valence-electron chi connectivity index (χ2n) is 4.24. The summed E-state index contributed by atoms with van der Waals surface area (Å²) in [6.07, 6.45) is 2.16. The second kappa shape index (κ2) is 6.84. The van der Waals surface area contributed by atoms with Gasteiger partial charge in [-0.2, -0.15) is 0 Å². The maximum Gasteiger partial charge on any atom is 0.220 e. The van der Waals surface area contributed by atoms with Crippen LogP contribution in [0.2, 0.25) is 0 Å². The van der Waals surface area contributed by atoms with E-state index in [1.165, 1.54) is 12.5 Å². The zero-order valence-electron chi connectivity index (χ0n) is 10.4. The Labute approximate surface area is 102 Å². The van der Waals surface area contributed by atoms with Gasteiger partial charge in [0.1, 0.15) is 0 Å². The lowest BCUT2D eigenvalue weighted by Crippen LogP contribution is -2.37. The van der Waals surface area contributed by atoms with Crippen molar-refractivity contribution in [3.05, 3.63) is 35.9 Å². The lowest BCUT2D eigenvalue weighted by atomic mass is 10.1. The lowest BCUT2D eigenvalue weighted by molar-refractivity contribution is -0.126. The predicted octanol–water partition coefficient (Wildman–Crippen LogP) is 2.10. The van der Waals surface area contributed by atoms with Gasteiger partial charge in [0.2, 0.25) is 5.91 Å². The SMILES string of the molecule is CC(=O)C(C)NC(=O)CCCc1ccccc1. The van der Waals surface area contributed by atoms with Gasteiger partial charge in [0.15, 0.2) is 5.78 Å². The third kappa shape index (κ3) is 5.29. The summed E-state index contributed by atoms with van der Waals surface area (Å²) in [6.45, 7) is 3.19. The fourth-order valence-electron chi connectivity index (χ4n) is 1.51. The van der Waals surface area contributed by atoms with Crippen molar-refractivity contribution >= 4 is 11.7 Å². The minimum absolute atomic E-state index is 0.0126. The molecule has 1 aromatic rings. The quantitative estimate of drug-likeness (QED) is 0.818. The Bertz CT molecular complexity index is 373. The normalized spacial score (nSPS) is 11.9. The van der Waals surface area contributed by atoms with E-state index in [4.69, 9.17) is 0 Å². The molecule has 0 aromatic heterocycles. The first kappa shape index (κ1) is 13.4. The van der Waals surface area contributed by atoms with E-state index in [0.29, 0.717) is 6.42 Å². The summed E-state index contributed by atoms with van der Waals surface area (Å²) >= 11 is 0. The van der Waals surface area contributed by atoms with Gasteiger partial charge in [-0.15, -0.1) is 0 Å². The maximum absolute atomic E-state index is 11.5. The van der Waals surface area contributed by atoms with Crippen LogP contribution in [0.3, 0.4) is 0 Å². The average Bonchev–Trinajstić information content (AvgIpc) is 2.30. The summed E-state index contributed by atoms with van der Waals surface area (Å²) in [6, 6.07) is 9.69. The standard InChI is InChI=1S/C14H19NO2/c1-11(12(2)16)15-14(17)10-6-9-13-7-4-3-5-8-13/h3-5,7-8,11H,6,9-10H2,1-2H3,(H,15,17). The van der Waals surface area contributed by atoms with Crippen molar-refractivity contribution in [2.24, 2.45) is 0 Å². The molecule has 92 valence electrons. The van der Waals surface area contributed by atoms with Gasteiger partial charge >= 0.3 is 0 Å². The average molecular weight is 233 g/mol. The van der Waals surface area contributed by atoms with Crippen LogP contribution in [0.5, 0.6) is 0 Å². The second-order valence-corrected chi connectivity index (χ2v) is 4.24. The molecule has 0 aliphatic carbocycles. The van der Waals surface area contributed by atoms with Crippen LogP contribution in [0.1, 0.15) is 32.3 Å². The highest BCUT2D eigenvalue weighted by Gasteiger charge is 2.10. The number of hydrogen-bond acceptors (Lipinski definition) is 2. The van der Waals surface area contributed by atoms with Crippen molar-refractivity contribution in [2.45, 2.75) is 39.2 Å². The van der Waals surface area contributed by atoms with Gasteiger partial charge in [-0.3, -0.25) is 9.59 Å². The molecule has 1 N–H and O–H groups in total. The third-order valence-electron chi connectivity index (χ3n) is 2.70. The molecule has 0 bridgehead atoms. The van der Waals surface area contributed by atoms with Crippen LogP contribution in [-0.4, -0.2) is 17.7 Å². The fourth-order valence-corrected chi connectivity index (χ4v) is 1.51. The van der Waals surface area contributed by atoms with E-state index >= 15 is 0 Å². The van der Waals surface area contributed by atoms with Gasteiger partial charge in [0, 0.05) is 6.42 Å². The molecule has 1 unspecified atom stereocenters. The van der Waals surface area contributed by atoms with Crippen molar-refractivity contribution in [1.29, 1.82) is 0 Å². The molecule has 0 radical (unpaired) electrons. The van der Waals surface area contributed by atoms with E-state index < -0.39 is 0 Å². The molecule has 3 nitrogen and oxygen atoms in total. The van der Waals surface area contributed by atoms with E-state index in [1.54, 1.807) is 6.92 Å². The number of rotatable bonds is 6. The molecule has 1 aromatic carbocycles. The van der Waals surface area contributed by atoms with Crippen LogP contribution in [0.15, 0.2) is 30.3 Å². The molecule has 1 atom stereocenters. The highest BCUT2D eigenvalue weighted by atomic mass is 16.2. The molecule has 1 amide bonds. The molecule has 3 heteroatoms. The van der Waals surface area contributed by atoms with Gasteiger partial charge in [-0.25, -0.2) is 0 Å². The van der Waals surface area contributed by atoms with Crippen molar-refractivity contribution in [2.75, 3.05) is 0 Å². The third-order valence-corrected chi connectivity index (χ3v) is 2.70. The van der Waals surface area contributed by atoms with Gasteiger partial charge in [-0.1, -0.05) is 30.3 Å². The largest absolute Gasteiger partial charge is 0.347 e. The van der Waals surface area contributed by atoms with Gasteiger partial charge < -0.3 is 5.32 Å². The Morgan fingerprint density at radius 1 is 1.24 bits per heavy atom.